The summed E-state index contributed by atoms with van der Waals surface area (Å²) < 4.78 is 23.9. The van der Waals surface area contributed by atoms with Crippen LogP contribution in [0.2, 0.25) is 0 Å². The Morgan fingerprint density at radius 1 is 0.886 bits per heavy atom. The molecule has 0 spiro atoms. The number of hydrogen-bond acceptors (Lipinski definition) is 10. The quantitative estimate of drug-likeness (QED) is 0.355. The van der Waals surface area contributed by atoms with Gasteiger partial charge in [-0.05, 0) is 17.7 Å². The second-order valence-corrected chi connectivity index (χ2v) is 8.12. The van der Waals surface area contributed by atoms with Crippen LogP contribution in [-0.4, -0.2) is 87.5 Å². The topological polar surface area (TPSA) is 149 Å². The van der Waals surface area contributed by atoms with Gasteiger partial charge < -0.3 is 43.9 Å². The Balaban J connectivity index is 1.86. The third-order valence-electron chi connectivity index (χ3n) is 6.03. The van der Waals surface area contributed by atoms with Crippen molar-refractivity contribution < 1.29 is 39.4 Å². The SMILES string of the molecule is COc1cc(-c2nnc(C3O[C@H](CO)[C@@H](O)[C@H](O)[C@H]3O)n2Cc2ccccc2)cc(OC)c1OC. The van der Waals surface area contributed by atoms with Crippen molar-refractivity contribution in [3.63, 3.8) is 0 Å². The zero-order chi connectivity index (χ0) is 25.1. The van der Waals surface area contributed by atoms with Crippen LogP contribution >= 0.6 is 0 Å². The second kappa shape index (κ2) is 10.6. The molecule has 35 heavy (non-hydrogen) atoms. The molecule has 2 heterocycles. The number of aromatic nitrogens is 3. The Hall–Kier alpha value is -3.22. The number of aliphatic hydroxyl groups is 4. The monoisotopic (exact) mass is 487 g/mol. The number of rotatable bonds is 8. The number of benzene rings is 2. The van der Waals surface area contributed by atoms with Crippen molar-refractivity contribution in [2.45, 2.75) is 37.1 Å². The molecular formula is C24H29N3O8. The molecule has 0 amide bonds. The van der Waals surface area contributed by atoms with Crippen LogP contribution in [0.4, 0.5) is 0 Å². The highest BCUT2D eigenvalue weighted by Gasteiger charge is 2.46. The summed E-state index contributed by atoms with van der Waals surface area (Å²) in [7, 11) is 4.53. The minimum absolute atomic E-state index is 0.217. The summed E-state index contributed by atoms with van der Waals surface area (Å²) in [6.45, 7) is -0.238. The molecule has 1 saturated heterocycles. The van der Waals surface area contributed by atoms with Gasteiger partial charge in [0.2, 0.25) is 5.75 Å². The van der Waals surface area contributed by atoms with E-state index in [1.807, 2.05) is 30.3 Å². The van der Waals surface area contributed by atoms with Crippen molar-refractivity contribution in [1.82, 2.24) is 14.8 Å². The first-order chi connectivity index (χ1) is 16.9. The molecule has 0 radical (unpaired) electrons. The standard InChI is InChI=1S/C24H29N3O8/c1-32-15-9-14(10-16(33-2)21(15)34-3)23-25-26-24(27(23)11-13-7-5-4-6-8-13)22-20(31)19(30)18(29)17(12-28)35-22/h4-10,17-20,22,28-31H,11-12H2,1-3H3/t17-,18-,19+,20-,22?/m1/s1. The van der Waals surface area contributed by atoms with Gasteiger partial charge in [0.25, 0.3) is 0 Å². The molecule has 4 N–H and O–H groups in total. The predicted octanol–water partition coefficient (Wildman–Crippen LogP) is 0.534. The summed E-state index contributed by atoms with van der Waals surface area (Å²) in [5.41, 5.74) is 1.52. The van der Waals surface area contributed by atoms with Crippen LogP contribution in [0.25, 0.3) is 11.4 Å². The lowest BCUT2D eigenvalue weighted by atomic mass is 9.94. The summed E-state index contributed by atoms with van der Waals surface area (Å²) >= 11 is 0. The Labute approximate surface area is 202 Å². The van der Waals surface area contributed by atoms with Gasteiger partial charge >= 0.3 is 0 Å². The van der Waals surface area contributed by atoms with Gasteiger partial charge in [-0.15, -0.1) is 10.2 Å². The maximum absolute atomic E-state index is 10.7. The molecule has 188 valence electrons. The summed E-state index contributed by atoms with van der Waals surface area (Å²) in [5, 5.41) is 49.5. The molecule has 11 nitrogen and oxygen atoms in total. The molecule has 1 unspecified atom stereocenters. The Kier molecular flexibility index (Phi) is 7.53. The second-order valence-electron chi connectivity index (χ2n) is 8.12. The Morgan fingerprint density at radius 3 is 2.11 bits per heavy atom. The van der Waals surface area contributed by atoms with Crippen molar-refractivity contribution in [1.29, 1.82) is 0 Å². The molecule has 1 aliphatic heterocycles. The van der Waals surface area contributed by atoms with Crippen LogP contribution in [0.3, 0.4) is 0 Å². The van der Waals surface area contributed by atoms with Gasteiger partial charge in [-0.3, -0.25) is 0 Å². The molecule has 3 aromatic rings. The van der Waals surface area contributed by atoms with E-state index < -0.39 is 37.1 Å². The van der Waals surface area contributed by atoms with E-state index in [0.29, 0.717) is 35.2 Å². The highest BCUT2D eigenvalue weighted by Crippen LogP contribution is 2.42. The van der Waals surface area contributed by atoms with E-state index in [0.717, 1.165) is 5.56 Å². The first kappa shape index (κ1) is 24.9. The van der Waals surface area contributed by atoms with Gasteiger partial charge in [-0.25, -0.2) is 0 Å². The van der Waals surface area contributed by atoms with E-state index in [1.165, 1.54) is 21.3 Å². The van der Waals surface area contributed by atoms with E-state index in [1.54, 1.807) is 16.7 Å². The minimum atomic E-state index is -1.54. The van der Waals surface area contributed by atoms with Gasteiger partial charge in [0, 0.05) is 5.56 Å². The van der Waals surface area contributed by atoms with Crippen molar-refractivity contribution in [2.24, 2.45) is 0 Å². The van der Waals surface area contributed by atoms with E-state index >= 15 is 0 Å². The van der Waals surface area contributed by atoms with Gasteiger partial charge in [0.15, 0.2) is 23.1 Å². The van der Waals surface area contributed by atoms with Crippen molar-refractivity contribution in [2.75, 3.05) is 27.9 Å². The minimum Gasteiger partial charge on any atom is -0.493 e. The van der Waals surface area contributed by atoms with Crippen LogP contribution in [0.1, 0.15) is 17.5 Å². The molecule has 1 aliphatic rings. The van der Waals surface area contributed by atoms with Crippen molar-refractivity contribution in [3.05, 3.63) is 53.9 Å². The van der Waals surface area contributed by atoms with Crippen molar-refractivity contribution in [3.8, 4) is 28.6 Å². The molecule has 0 aliphatic carbocycles. The first-order valence-electron chi connectivity index (χ1n) is 11.0. The van der Waals surface area contributed by atoms with Gasteiger partial charge in [-0.1, -0.05) is 30.3 Å². The Bertz CT molecular complexity index is 1110. The van der Waals surface area contributed by atoms with Crippen LogP contribution in [0.15, 0.2) is 42.5 Å². The molecule has 5 atom stereocenters. The fraction of sp³-hybridized carbons (Fsp3) is 0.417. The molecule has 11 heteroatoms. The average molecular weight is 488 g/mol. The molecule has 2 aromatic carbocycles. The van der Waals surface area contributed by atoms with Gasteiger partial charge in [0.1, 0.15) is 30.5 Å². The normalized spacial score (nSPS) is 24.3. The summed E-state index contributed by atoms with van der Waals surface area (Å²) in [6, 6.07) is 13.0. The van der Waals surface area contributed by atoms with Crippen LogP contribution in [-0.2, 0) is 11.3 Å². The Morgan fingerprint density at radius 2 is 1.54 bits per heavy atom. The lowest BCUT2D eigenvalue weighted by Gasteiger charge is -2.39. The molecule has 1 fully saturated rings. The smallest absolute Gasteiger partial charge is 0.203 e. The zero-order valence-electron chi connectivity index (χ0n) is 19.6. The van der Waals surface area contributed by atoms with E-state index in [2.05, 4.69) is 10.2 Å². The predicted molar refractivity (Wildman–Crippen MR) is 123 cm³/mol. The third kappa shape index (κ3) is 4.68. The fourth-order valence-electron chi connectivity index (χ4n) is 4.19. The lowest BCUT2D eigenvalue weighted by Crippen LogP contribution is -2.55. The van der Waals surface area contributed by atoms with E-state index in [-0.39, 0.29) is 5.82 Å². The average Bonchev–Trinajstić information content (AvgIpc) is 3.30. The molecule has 0 saturated carbocycles. The first-order valence-corrected chi connectivity index (χ1v) is 11.0. The zero-order valence-corrected chi connectivity index (χ0v) is 19.6. The van der Waals surface area contributed by atoms with E-state index in [4.69, 9.17) is 18.9 Å². The van der Waals surface area contributed by atoms with Gasteiger partial charge in [-0.2, -0.15) is 0 Å². The molecule has 1 aromatic heterocycles. The van der Waals surface area contributed by atoms with Gasteiger partial charge in [0.05, 0.1) is 34.5 Å². The molecule has 0 bridgehead atoms. The molecular weight excluding hydrogens is 458 g/mol. The molecule has 4 rings (SSSR count). The summed E-state index contributed by atoms with van der Waals surface area (Å²) in [4.78, 5) is 0. The summed E-state index contributed by atoms with van der Waals surface area (Å²) in [6.07, 6.45) is -6.76. The van der Waals surface area contributed by atoms with Crippen LogP contribution < -0.4 is 14.2 Å². The highest BCUT2D eigenvalue weighted by molar-refractivity contribution is 5.67. The van der Waals surface area contributed by atoms with E-state index in [9.17, 15) is 20.4 Å². The van der Waals surface area contributed by atoms with Crippen LogP contribution in [0, 0.1) is 0 Å². The van der Waals surface area contributed by atoms with Crippen LogP contribution in [0.5, 0.6) is 17.2 Å². The number of ether oxygens (including phenoxy) is 4. The third-order valence-corrected chi connectivity index (χ3v) is 6.03. The number of hydrogen-bond donors (Lipinski definition) is 4. The maximum atomic E-state index is 10.7. The number of aliphatic hydroxyl groups excluding tert-OH is 4. The van der Waals surface area contributed by atoms with Crippen molar-refractivity contribution >= 4 is 0 Å². The maximum Gasteiger partial charge on any atom is 0.203 e. The lowest BCUT2D eigenvalue weighted by molar-refractivity contribution is -0.234. The highest BCUT2D eigenvalue weighted by atomic mass is 16.5. The largest absolute Gasteiger partial charge is 0.493 e. The summed E-state index contributed by atoms with van der Waals surface area (Å²) in [5.74, 6) is 1.90. The fourth-order valence-corrected chi connectivity index (χ4v) is 4.19. The number of methoxy groups -OCH3 is 3. The number of nitrogens with zero attached hydrogens (tertiary/aromatic N) is 3.